The molecule has 0 bridgehead atoms. The summed E-state index contributed by atoms with van der Waals surface area (Å²) in [5.41, 5.74) is 2.02. The minimum Gasteiger partial charge on any atom is -0.356 e. The Morgan fingerprint density at radius 2 is 1.67 bits per heavy atom. The highest BCUT2D eigenvalue weighted by Gasteiger charge is 2.14. The Bertz CT molecular complexity index is 1030. The highest BCUT2D eigenvalue weighted by Crippen LogP contribution is 2.24. The van der Waals surface area contributed by atoms with Crippen molar-refractivity contribution in [1.29, 1.82) is 0 Å². The molecule has 0 aliphatic carbocycles. The molecule has 6 nitrogen and oxygen atoms in total. The van der Waals surface area contributed by atoms with Crippen molar-refractivity contribution in [1.82, 2.24) is 9.97 Å². The van der Waals surface area contributed by atoms with Gasteiger partial charge in [-0.15, -0.1) is 0 Å². The van der Waals surface area contributed by atoms with Gasteiger partial charge in [-0.1, -0.05) is 23.7 Å². The van der Waals surface area contributed by atoms with E-state index in [4.69, 9.17) is 11.6 Å². The van der Waals surface area contributed by atoms with E-state index < -0.39 is 0 Å². The topological polar surface area (TPSA) is 70.2 Å². The molecule has 0 atom stereocenters. The van der Waals surface area contributed by atoms with Gasteiger partial charge >= 0.3 is 0 Å². The van der Waals surface area contributed by atoms with E-state index in [0.29, 0.717) is 16.3 Å². The molecule has 0 saturated carbocycles. The van der Waals surface area contributed by atoms with Crippen molar-refractivity contribution < 1.29 is 4.79 Å². The average molecular weight is 422 g/mol. The van der Waals surface area contributed by atoms with Crippen molar-refractivity contribution in [2.24, 2.45) is 0 Å². The van der Waals surface area contributed by atoms with Crippen LogP contribution in [-0.2, 0) is 0 Å². The third kappa shape index (κ3) is 4.89. The van der Waals surface area contributed by atoms with E-state index in [0.717, 1.165) is 36.2 Å². The van der Waals surface area contributed by atoms with Crippen molar-refractivity contribution in [3.05, 3.63) is 71.0 Å². The van der Waals surface area contributed by atoms with Crippen molar-refractivity contribution in [2.45, 2.75) is 26.2 Å². The van der Waals surface area contributed by atoms with Gasteiger partial charge in [-0.05, 0) is 62.6 Å². The van der Waals surface area contributed by atoms with Crippen LogP contribution < -0.4 is 15.5 Å². The normalized spacial score (nSPS) is 13.7. The first kappa shape index (κ1) is 20.2. The molecule has 2 heterocycles. The van der Waals surface area contributed by atoms with E-state index >= 15 is 0 Å². The summed E-state index contributed by atoms with van der Waals surface area (Å²) in [4.78, 5) is 23.8. The SMILES string of the molecule is Cc1nc(Nc2ccc(NC(=O)c3ccccc3Cl)cc2)cc(N2CCCCC2)n1. The first-order valence-electron chi connectivity index (χ1n) is 10.1. The lowest BCUT2D eigenvalue weighted by molar-refractivity contribution is 0.102. The van der Waals surface area contributed by atoms with Crippen LogP contribution in [0.25, 0.3) is 0 Å². The summed E-state index contributed by atoms with van der Waals surface area (Å²) < 4.78 is 0. The Morgan fingerprint density at radius 1 is 0.967 bits per heavy atom. The Kier molecular flexibility index (Phi) is 6.14. The Hall–Kier alpha value is -3.12. The fourth-order valence-electron chi connectivity index (χ4n) is 3.53. The van der Waals surface area contributed by atoms with Crippen molar-refractivity contribution in [3.8, 4) is 0 Å². The number of benzene rings is 2. The van der Waals surface area contributed by atoms with Gasteiger partial charge in [-0.3, -0.25) is 4.79 Å². The Balaban J connectivity index is 1.44. The first-order valence-corrected chi connectivity index (χ1v) is 10.5. The fraction of sp³-hybridized carbons (Fsp3) is 0.261. The zero-order chi connectivity index (χ0) is 20.9. The van der Waals surface area contributed by atoms with Crippen LogP contribution in [0.2, 0.25) is 5.02 Å². The first-order chi connectivity index (χ1) is 14.6. The molecule has 2 aromatic carbocycles. The highest BCUT2D eigenvalue weighted by atomic mass is 35.5. The molecule has 1 fully saturated rings. The molecule has 1 amide bonds. The average Bonchev–Trinajstić information content (AvgIpc) is 2.75. The number of nitrogens with zero attached hydrogens (tertiary/aromatic N) is 3. The minimum absolute atomic E-state index is 0.237. The molecule has 3 aromatic rings. The van der Waals surface area contributed by atoms with Crippen LogP contribution in [0, 0.1) is 6.92 Å². The predicted octanol–water partition coefficient (Wildman–Crippen LogP) is 5.42. The summed E-state index contributed by atoms with van der Waals surface area (Å²) in [6.45, 7) is 3.98. The number of aryl methyl sites for hydroxylation is 1. The number of carbonyl (C=O) groups excluding carboxylic acids is 1. The molecule has 1 aliphatic rings. The monoisotopic (exact) mass is 421 g/mol. The summed E-state index contributed by atoms with van der Waals surface area (Å²) in [6, 6.07) is 16.5. The molecule has 30 heavy (non-hydrogen) atoms. The lowest BCUT2D eigenvalue weighted by atomic mass is 10.1. The number of nitrogens with one attached hydrogen (secondary N) is 2. The molecule has 0 unspecified atom stereocenters. The highest BCUT2D eigenvalue weighted by molar-refractivity contribution is 6.34. The van der Waals surface area contributed by atoms with E-state index in [1.807, 2.05) is 37.3 Å². The zero-order valence-electron chi connectivity index (χ0n) is 16.9. The maximum atomic E-state index is 12.4. The second kappa shape index (κ2) is 9.13. The van der Waals surface area contributed by atoms with E-state index in [1.165, 1.54) is 19.3 Å². The fourth-order valence-corrected chi connectivity index (χ4v) is 3.75. The number of amides is 1. The second-order valence-corrected chi connectivity index (χ2v) is 7.75. The number of rotatable bonds is 5. The number of hydrogen-bond acceptors (Lipinski definition) is 5. The van der Waals surface area contributed by atoms with Crippen molar-refractivity contribution >= 4 is 40.5 Å². The van der Waals surface area contributed by atoms with Crippen LogP contribution in [0.4, 0.5) is 23.0 Å². The van der Waals surface area contributed by atoms with Gasteiger partial charge < -0.3 is 15.5 Å². The van der Waals surface area contributed by atoms with Crippen LogP contribution in [0.1, 0.15) is 35.4 Å². The maximum absolute atomic E-state index is 12.4. The van der Waals surface area contributed by atoms with Gasteiger partial charge in [-0.25, -0.2) is 9.97 Å². The Labute approximate surface area is 181 Å². The standard InChI is InChI=1S/C23H24ClN5O/c1-16-25-21(15-22(26-16)29-13-5-2-6-14-29)27-17-9-11-18(12-10-17)28-23(30)19-7-3-4-8-20(19)24/h3-4,7-12,15H,2,5-6,13-14H2,1H3,(H,28,30)(H,25,26,27). The van der Waals surface area contributed by atoms with Crippen LogP contribution in [0.15, 0.2) is 54.6 Å². The number of carbonyl (C=O) groups is 1. The molecule has 2 N–H and O–H groups in total. The number of anilines is 4. The number of piperidine rings is 1. The smallest absolute Gasteiger partial charge is 0.257 e. The Morgan fingerprint density at radius 3 is 2.40 bits per heavy atom. The van der Waals surface area contributed by atoms with Crippen LogP contribution in [-0.4, -0.2) is 29.0 Å². The van der Waals surface area contributed by atoms with E-state index in [9.17, 15) is 4.79 Å². The van der Waals surface area contributed by atoms with Gasteiger partial charge in [0.05, 0.1) is 10.6 Å². The van der Waals surface area contributed by atoms with Crippen LogP contribution in [0.3, 0.4) is 0 Å². The van der Waals surface area contributed by atoms with Gasteiger partial charge in [0.15, 0.2) is 0 Å². The van der Waals surface area contributed by atoms with Gasteiger partial charge in [0.1, 0.15) is 17.5 Å². The molecule has 1 saturated heterocycles. The largest absolute Gasteiger partial charge is 0.356 e. The summed E-state index contributed by atoms with van der Waals surface area (Å²) >= 11 is 6.10. The third-order valence-corrected chi connectivity index (χ3v) is 5.37. The molecular weight excluding hydrogens is 398 g/mol. The molecule has 4 rings (SSSR count). The molecule has 7 heteroatoms. The van der Waals surface area contributed by atoms with E-state index in [1.54, 1.807) is 24.3 Å². The zero-order valence-corrected chi connectivity index (χ0v) is 17.6. The molecular formula is C23H24ClN5O. The number of aromatic nitrogens is 2. The number of halogens is 1. The minimum atomic E-state index is -0.237. The third-order valence-electron chi connectivity index (χ3n) is 5.04. The lowest BCUT2D eigenvalue weighted by Crippen LogP contribution is -2.30. The summed E-state index contributed by atoms with van der Waals surface area (Å²) in [7, 11) is 0. The summed E-state index contributed by atoms with van der Waals surface area (Å²) in [5.74, 6) is 2.23. The maximum Gasteiger partial charge on any atom is 0.257 e. The number of hydrogen-bond donors (Lipinski definition) is 2. The molecule has 1 aliphatic heterocycles. The van der Waals surface area contributed by atoms with Crippen LogP contribution >= 0.6 is 11.6 Å². The molecule has 154 valence electrons. The molecule has 0 radical (unpaired) electrons. The van der Waals surface area contributed by atoms with E-state index in [2.05, 4.69) is 25.5 Å². The van der Waals surface area contributed by atoms with Crippen LogP contribution in [0.5, 0.6) is 0 Å². The van der Waals surface area contributed by atoms with Gasteiger partial charge in [0, 0.05) is 30.5 Å². The van der Waals surface area contributed by atoms with Gasteiger partial charge in [0.2, 0.25) is 0 Å². The quantitative estimate of drug-likeness (QED) is 0.575. The van der Waals surface area contributed by atoms with Crippen molar-refractivity contribution in [2.75, 3.05) is 28.6 Å². The second-order valence-electron chi connectivity index (χ2n) is 7.34. The summed E-state index contributed by atoms with van der Waals surface area (Å²) in [6.07, 6.45) is 3.69. The molecule has 1 aromatic heterocycles. The van der Waals surface area contributed by atoms with Gasteiger partial charge in [-0.2, -0.15) is 0 Å². The van der Waals surface area contributed by atoms with Gasteiger partial charge in [0.25, 0.3) is 5.91 Å². The predicted molar refractivity (Wildman–Crippen MR) is 122 cm³/mol. The van der Waals surface area contributed by atoms with Crippen molar-refractivity contribution in [3.63, 3.8) is 0 Å². The molecule has 0 spiro atoms. The summed E-state index contributed by atoms with van der Waals surface area (Å²) in [5, 5.41) is 6.63. The van der Waals surface area contributed by atoms with E-state index in [-0.39, 0.29) is 5.91 Å². The lowest BCUT2D eigenvalue weighted by Gasteiger charge is -2.28.